The van der Waals surface area contributed by atoms with Crippen molar-refractivity contribution in [2.45, 2.75) is 12.8 Å². The lowest BCUT2D eigenvalue weighted by molar-refractivity contribution is -0.141. The van der Waals surface area contributed by atoms with Crippen LogP contribution in [-0.2, 0) is 20.7 Å². The quantitative estimate of drug-likeness (QED) is 0.745. The van der Waals surface area contributed by atoms with Gasteiger partial charge in [0.1, 0.15) is 5.82 Å². The topological polar surface area (TPSA) is 46.6 Å². The van der Waals surface area contributed by atoms with Gasteiger partial charge in [-0.1, -0.05) is 12.1 Å². The molecule has 1 amide bonds. The van der Waals surface area contributed by atoms with Gasteiger partial charge in [-0.2, -0.15) is 0 Å². The zero-order valence-corrected chi connectivity index (χ0v) is 10.5. The molecule has 4 nitrogen and oxygen atoms in total. The number of carbonyl (C=O) groups is 2. The zero-order valence-electron chi connectivity index (χ0n) is 10.5. The number of halogens is 1. The molecule has 1 rings (SSSR count). The van der Waals surface area contributed by atoms with E-state index < -0.39 is 0 Å². The van der Waals surface area contributed by atoms with Crippen molar-refractivity contribution in [3.63, 3.8) is 0 Å². The number of hydrogen-bond acceptors (Lipinski definition) is 3. The van der Waals surface area contributed by atoms with Gasteiger partial charge in [-0.3, -0.25) is 9.59 Å². The minimum atomic E-state index is -0.363. The highest BCUT2D eigenvalue weighted by Crippen LogP contribution is 2.06. The molecule has 0 aromatic heterocycles. The second-order valence-corrected chi connectivity index (χ2v) is 3.95. The fourth-order valence-corrected chi connectivity index (χ4v) is 1.44. The molecule has 0 atom stereocenters. The maximum Gasteiger partial charge on any atom is 0.307 e. The standard InChI is InChI=1S/C13H16FNO3/c1-15(7-6-13(17)18-2)12(16)9-10-4-3-5-11(14)8-10/h3-5,8H,6-7,9H2,1-2H3. The van der Waals surface area contributed by atoms with Gasteiger partial charge in [0.25, 0.3) is 0 Å². The third-order valence-corrected chi connectivity index (χ3v) is 2.55. The van der Waals surface area contributed by atoms with Crippen LogP contribution < -0.4 is 0 Å². The molecule has 0 spiro atoms. The Morgan fingerprint density at radius 2 is 2.11 bits per heavy atom. The highest BCUT2D eigenvalue weighted by molar-refractivity contribution is 5.79. The van der Waals surface area contributed by atoms with Gasteiger partial charge in [-0.25, -0.2) is 4.39 Å². The number of ether oxygens (including phenoxy) is 1. The summed E-state index contributed by atoms with van der Waals surface area (Å²) in [6.45, 7) is 0.292. The number of carbonyl (C=O) groups excluding carboxylic acids is 2. The van der Waals surface area contributed by atoms with Crippen LogP contribution in [0.15, 0.2) is 24.3 Å². The van der Waals surface area contributed by atoms with Gasteiger partial charge in [-0.05, 0) is 17.7 Å². The molecule has 0 aliphatic rings. The fraction of sp³-hybridized carbons (Fsp3) is 0.385. The highest BCUT2D eigenvalue weighted by atomic mass is 19.1. The van der Waals surface area contributed by atoms with Crippen LogP contribution in [0, 0.1) is 5.82 Å². The minimum absolute atomic E-state index is 0.120. The third-order valence-electron chi connectivity index (χ3n) is 2.55. The minimum Gasteiger partial charge on any atom is -0.469 e. The number of likely N-dealkylation sites (N-methyl/N-ethyl adjacent to an activating group) is 1. The summed E-state index contributed by atoms with van der Waals surface area (Å²) >= 11 is 0. The Balaban J connectivity index is 2.47. The maximum atomic E-state index is 12.9. The Labute approximate surface area is 105 Å². The van der Waals surface area contributed by atoms with Crippen LogP contribution in [0.25, 0.3) is 0 Å². The lowest BCUT2D eigenvalue weighted by atomic mass is 10.1. The molecular weight excluding hydrogens is 237 g/mol. The number of esters is 1. The van der Waals surface area contributed by atoms with Crippen LogP contribution in [0.2, 0.25) is 0 Å². The van der Waals surface area contributed by atoms with Crippen LogP contribution in [0.5, 0.6) is 0 Å². The number of amides is 1. The molecule has 0 N–H and O–H groups in total. The molecule has 0 heterocycles. The van der Waals surface area contributed by atoms with Crippen LogP contribution in [-0.4, -0.2) is 37.5 Å². The molecule has 5 heteroatoms. The van der Waals surface area contributed by atoms with E-state index in [1.807, 2.05) is 0 Å². The van der Waals surface area contributed by atoms with Crippen molar-refractivity contribution in [1.29, 1.82) is 0 Å². The summed E-state index contributed by atoms with van der Waals surface area (Å²) in [5.41, 5.74) is 0.616. The Bertz CT molecular complexity index is 434. The van der Waals surface area contributed by atoms with Crippen molar-refractivity contribution < 1.29 is 18.7 Å². The van der Waals surface area contributed by atoms with E-state index in [0.717, 1.165) is 0 Å². The number of nitrogens with zero attached hydrogens (tertiary/aromatic N) is 1. The molecule has 0 fully saturated rings. The average Bonchev–Trinajstić information content (AvgIpc) is 2.35. The molecule has 98 valence electrons. The predicted octanol–water partition coefficient (Wildman–Crippen LogP) is 1.39. The van der Waals surface area contributed by atoms with Gasteiger partial charge < -0.3 is 9.64 Å². The Morgan fingerprint density at radius 1 is 1.39 bits per heavy atom. The van der Waals surface area contributed by atoms with Gasteiger partial charge in [0, 0.05) is 13.6 Å². The summed E-state index contributed by atoms with van der Waals surface area (Å²) in [6, 6.07) is 5.91. The number of methoxy groups -OCH3 is 1. The summed E-state index contributed by atoms with van der Waals surface area (Å²) in [4.78, 5) is 24.1. The smallest absolute Gasteiger partial charge is 0.307 e. The molecular formula is C13H16FNO3. The predicted molar refractivity (Wildman–Crippen MR) is 64.4 cm³/mol. The van der Waals surface area contributed by atoms with Crippen molar-refractivity contribution >= 4 is 11.9 Å². The first-order valence-electron chi connectivity index (χ1n) is 5.58. The van der Waals surface area contributed by atoms with E-state index in [0.29, 0.717) is 12.1 Å². The second-order valence-electron chi connectivity index (χ2n) is 3.95. The lowest BCUT2D eigenvalue weighted by Gasteiger charge is -2.16. The van der Waals surface area contributed by atoms with Crippen LogP contribution in [0.4, 0.5) is 4.39 Å². The Morgan fingerprint density at radius 3 is 2.72 bits per heavy atom. The molecule has 1 aromatic carbocycles. The third kappa shape index (κ3) is 4.53. The zero-order chi connectivity index (χ0) is 13.5. The van der Waals surface area contributed by atoms with Crippen molar-refractivity contribution in [3.05, 3.63) is 35.6 Å². The monoisotopic (exact) mass is 253 g/mol. The van der Waals surface area contributed by atoms with Crippen molar-refractivity contribution in [1.82, 2.24) is 4.90 Å². The number of rotatable bonds is 5. The molecule has 0 aliphatic carbocycles. The SMILES string of the molecule is COC(=O)CCN(C)C(=O)Cc1cccc(F)c1. The fourth-order valence-electron chi connectivity index (χ4n) is 1.44. The van der Waals surface area contributed by atoms with E-state index in [9.17, 15) is 14.0 Å². The van der Waals surface area contributed by atoms with Crippen LogP contribution in [0.1, 0.15) is 12.0 Å². The van der Waals surface area contributed by atoms with E-state index in [2.05, 4.69) is 4.74 Å². The Hall–Kier alpha value is -1.91. The summed E-state index contributed by atoms with van der Waals surface area (Å²) < 4.78 is 17.4. The Kier molecular flexibility index (Phi) is 5.30. The van der Waals surface area contributed by atoms with Crippen LogP contribution in [0.3, 0.4) is 0 Å². The summed E-state index contributed by atoms with van der Waals surface area (Å²) in [5.74, 6) is -0.887. The molecule has 0 saturated carbocycles. The first kappa shape index (κ1) is 14.2. The van der Waals surface area contributed by atoms with E-state index >= 15 is 0 Å². The van der Waals surface area contributed by atoms with E-state index in [4.69, 9.17) is 0 Å². The molecule has 0 bridgehead atoms. The van der Waals surface area contributed by atoms with Crippen LogP contribution >= 0.6 is 0 Å². The molecule has 1 aromatic rings. The summed E-state index contributed by atoms with van der Waals surface area (Å²) in [7, 11) is 2.90. The van der Waals surface area contributed by atoms with Crippen molar-refractivity contribution in [3.8, 4) is 0 Å². The highest BCUT2D eigenvalue weighted by Gasteiger charge is 2.11. The van der Waals surface area contributed by atoms with Crippen molar-refractivity contribution in [2.75, 3.05) is 20.7 Å². The largest absolute Gasteiger partial charge is 0.469 e. The summed E-state index contributed by atoms with van der Waals surface area (Å²) in [6.07, 6.45) is 0.275. The molecule has 0 unspecified atom stereocenters. The average molecular weight is 253 g/mol. The van der Waals surface area contributed by atoms with Crippen molar-refractivity contribution in [2.24, 2.45) is 0 Å². The van der Waals surface area contributed by atoms with Gasteiger partial charge in [0.05, 0.1) is 20.0 Å². The first-order valence-corrected chi connectivity index (χ1v) is 5.58. The van der Waals surface area contributed by atoms with E-state index in [-0.39, 0.29) is 30.5 Å². The molecule has 18 heavy (non-hydrogen) atoms. The first-order chi connectivity index (χ1) is 8.52. The van der Waals surface area contributed by atoms with E-state index in [1.54, 1.807) is 19.2 Å². The van der Waals surface area contributed by atoms with Gasteiger partial charge in [-0.15, -0.1) is 0 Å². The van der Waals surface area contributed by atoms with E-state index in [1.165, 1.54) is 24.1 Å². The number of benzene rings is 1. The summed E-state index contributed by atoms with van der Waals surface area (Å²) in [5, 5.41) is 0. The lowest BCUT2D eigenvalue weighted by Crippen LogP contribution is -2.30. The van der Waals surface area contributed by atoms with Gasteiger partial charge in [0.15, 0.2) is 0 Å². The molecule has 0 radical (unpaired) electrons. The molecule has 0 saturated heterocycles. The second kappa shape index (κ2) is 6.74. The molecule has 0 aliphatic heterocycles. The normalized spacial score (nSPS) is 9.94. The number of hydrogen-bond donors (Lipinski definition) is 0. The maximum absolute atomic E-state index is 12.9. The van der Waals surface area contributed by atoms with Gasteiger partial charge in [0.2, 0.25) is 5.91 Å². The van der Waals surface area contributed by atoms with Gasteiger partial charge >= 0.3 is 5.97 Å².